The summed E-state index contributed by atoms with van der Waals surface area (Å²) in [5.41, 5.74) is 2.99. The summed E-state index contributed by atoms with van der Waals surface area (Å²) in [5.74, 6) is 0. The van der Waals surface area contributed by atoms with Crippen molar-refractivity contribution in [2.24, 2.45) is 0 Å². The Morgan fingerprint density at radius 3 is 2.55 bits per heavy atom. The van der Waals surface area contributed by atoms with Crippen molar-refractivity contribution in [3.05, 3.63) is 70.1 Å². The van der Waals surface area contributed by atoms with Gasteiger partial charge in [-0.25, -0.2) is 0 Å². The first-order chi connectivity index (χ1) is 9.83. The van der Waals surface area contributed by atoms with E-state index in [9.17, 15) is 0 Å². The molecule has 0 fully saturated rings. The minimum atomic E-state index is 0.660. The second-order valence-electron chi connectivity index (χ2n) is 4.29. The third kappa shape index (κ3) is 2.98. The molecule has 1 heterocycles. The van der Waals surface area contributed by atoms with Crippen molar-refractivity contribution in [3.63, 3.8) is 0 Å². The Hall–Kier alpha value is -1.89. The molecule has 0 aliphatic rings. The number of aromatic nitrogens is 3. The number of anilines is 1. The van der Waals surface area contributed by atoms with Crippen molar-refractivity contribution in [1.82, 2.24) is 15.0 Å². The van der Waals surface area contributed by atoms with E-state index in [1.54, 1.807) is 11.0 Å². The molecule has 100 valence electrons. The fraction of sp³-hybridized carbons (Fsp3) is 0.0667. The molecule has 0 atom stereocenters. The summed E-state index contributed by atoms with van der Waals surface area (Å²) >= 11 is 2.31. The molecular weight excluding hydrogens is 363 g/mol. The van der Waals surface area contributed by atoms with Crippen molar-refractivity contribution in [3.8, 4) is 5.69 Å². The maximum Gasteiger partial charge on any atom is 0.102 e. The van der Waals surface area contributed by atoms with E-state index >= 15 is 0 Å². The molecule has 4 nitrogen and oxygen atoms in total. The van der Waals surface area contributed by atoms with Crippen LogP contribution in [0.1, 0.15) is 5.69 Å². The number of nitrogens with one attached hydrogen (secondary N) is 1. The predicted molar refractivity (Wildman–Crippen MR) is 87.8 cm³/mol. The summed E-state index contributed by atoms with van der Waals surface area (Å²) in [4.78, 5) is 1.65. The van der Waals surface area contributed by atoms with Gasteiger partial charge in [-0.05, 0) is 46.9 Å². The number of benzene rings is 2. The largest absolute Gasteiger partial charge is 0.378 e. The van der Waals surface area contributed by atoms with E-state index in [-0.39, 0.29) is 0 Å². The lowest BCUT2D eigenvalue weighted by Gasteiger charge is -2.05. The van der Waals surface area contributed by atoms with Crippen LogP contribution in [0.2, 0.25) is 0 Å². The van der Waals surface area contributed by atoms with Gasteiger partial charge in [0, 0.05) is 9.26 Å². The normalized spacial score (nSPS) is 10.4. The van der Waals surface area contributed by atoms with Crippen LogP contribution in [0.4, 0.5) is 5.69 Å². The molecule has 5 heteroatoms. The first-order valence-electron chi connectivity index (χ1n) is 6.28. The predicted octanol–water partition coefficient (Wildman–Crippen LogP) is 3.48. The Labute approximate surface area is 131 Å². The van der Waals surface area contributed by atoms with Gasteiger partial charge >= 0.3 is 0 Å². The molecule has 0 amide bonds. The molecule has 0 aliphatic carbocycles. The van der Waals surface area contributed by atoms with Crippen LogP contribution in [0.15, 0.2) is 60.8 Å². The molecule has 3 aromatic rings. The Morgan fingerprint density at radius 2 is 1.75 bits per heavy atom. The fourth-order valence-electron chi connectivity index (χ4n) is 1.85. The molecule has 0 unspecified atom stereocenters. The second kappa shape index (κ2) is 6.04. The summed E-state index contributed by atoms with van der Waals surface area (Å²) in [6.45, 7) is 0.660. The molecule has 20 heavy (non-hydrogen) atoms. The van der Waals surface area contributed by atoms with Crippen LogP contribution in [-0.2, 0) is 6.54 Å². The number of halogens is 1. The highest BCUT2D eigenvalue weighted by Crippen LogP contribution is 2.17. The summed E-state index contributed by atoms with van der Waals surface area (Å²) in [7, 11) is 0. The van der Waals surface area contributed by atoms with Gasteiger partial charge in [-0.2, -0.15) is 15.0 Å². The maximum atomic E-state index is 4.47. The molecule has 3 rings (SSSR count). The molecule has 1 N–H and O–H groups in total. The third-order valence-corrected chi connectivity index (χ3v) is 3.80. The van der Waals surface area contributed by atoms with Gasteiger partial charge in [0.25, 0.3) is 0 Å². The fourth-order valence-corrected chi connectivity index (χ4v) is 2.43. The molecule has 1 aromatic heterocycles. The van der Waals surface area contributed by atoms with Crippen LogP contribution >= 0.6 is 22.6 Å². The Morgan fingerprint density at radius 1 is 1.00 bits per heavy atom. The Balaban J connectivity index is 1.71. The standard InChI is InChI=1S/C15H13IN4/c16-14-8-4-5-9-15(14)17-10-12-11-18-20(19-12)13-6-2-1-3-7-13/h1-9,11,17H,10H2. The number of hydrogen-bond acceptors (Lipinski definition) is 3. The van der Waals surface area contributed by atoms with Crippen LogP contribution in [0, 0.1) is 3.57 Å². The minimum Gasteiger partial charge on any atom is -0.378 e. The average molecular weight is 376 g/mol. The SMILES string of the molecule is Ic1ccccc1NCc1cnn(-c2ccccc2)n1. The van der Waals surface area contributed by atoms with E-state index in [0.717, 1.165) is 17.1 Å². The summed E-state index contributed by atoms with van der Waals surface area (Å²) in [5, 5.41) is 12.1. The monoisotopic (exact) mass is 376 g/mol. The van der Waals surface area contributed by atoms with E-state index < -0.39 is 0 Å². The van der Waals surface area contributed by atoms with Crippen molar-refractivity contribution in [2.75, 3.05) is 5.32 Å². The van der Waals surface area contributed by atoms with Crippen LogP contribution in [0.3, 0.4) is 0 Å². The zero-order valence-corrected chi connectivity index (χ0v) is 12.9. The first kappa shape index (κ1) is 13.1. The topological polar surface area (TPSA) is 42.7 Å². The highest BCUT2D eigenvalue weighted by Gasteiger charge is 2.03. The van der Waals surface area contributed by atoms with Crippen molar-refractivity contribution in [2.45, 2.75) is 6.54 Å². The van der Waals surface area contributed by atoms with Crippen LogP contribution < -0.4 is 5.32 Å². The van der Waals surface area contributed by atoms with Crippen molar-refractivity contribution < 1.29 is 0 Å². The van der Waals surface area contributed by atoms with Gasteiger partial charge in [0.2, 0.25) is 0 Å². The molecule has 0 radical (unpaired) electrons. The number of hydrogen-bond donors (Lipinski definition) is 1. The number of rotatable bonds is 4. The Bertz CT molecular complexity index is 694. The van der Waals surface area contributed by atoms with Gasteiger partial charge in [-0.3, -0.25) is 0 Å². The van der Waals surface area contributed by atoms with Crippen molar-refractivity contribution >= 4 is 28.3 Å². The lowest BCUT2D eigenvalue weighted by Crippen LogP contribution is -2.03. The summed E-state index contributed by atoms with van der Waals surface area (Å²) < 4.78 is 1.19. The van der Waals surface area contributed by atoms with E-state index in [0.29, 0.717) is 6.54 Å². The lowest BCUT2D eigenvalue weighted by atomic mass is 10.3. The molecule has 0 saturated carbocycles. The molecule has 2 aromatic carbocycles. The van der Waals surface area contributed by atoms with E-state index in [1.165, 1.54) is 3.57 Å². The Kier molecular flexibility index (Phi) is 3.96. The van der Waals surface area contributed by atoms with Crippen molar-refractivity contribution in [1.29, 1.82) is 0 Å². The lowest BCUT2D eigenvalue weighted by molar-refractivity contribution is 0.740. The highest BCUT2D eigenvalue weighted by molar-refractivity contribution is 14.1. The van der Waals surface area contributed by atoms with Gasteiger partial charge in [0.15, 0.2) is 0 Å². The highest BCUT2D eigenvalue weighted by atomic mass is 127. The van der Waals surface area contributed by atoms with Gasteiger partial charge in [-0.1, -0.05) is 30.3 Å². The van der Waals surface area contributed by atoms with Gasteiger partial charge < -0.3 is 5.32 Å². The smallest absolute Gasteiger partial charge is 0.102 e. The number of nitrogens with zero attached hydrogens (tertiary/aromatic N) is 3. The summed E-state index contributed by atoms with van der Waals surface area (Å²) in [6, 6.07) is 18.1. The van der Waals surface area contributed by atoms with Gasteiger partial charge in [0.1, 0.15) is 5.69 Å². The second-order valence-corrected chi connectivity index (χ2v) is 5.46. The number of para-hydroxylation sites is 2. The maximum absolute atomic E-state index is 4.47. The molecule has 0 saturated heterocycles. The molecule has 0 spiro atoms. The first-order valence-corrected chi connectivity index (χ1v) is 7.36. The van der Waals surface area contributed by atoms with Gasteiger partial charge in [0.05, 0.1) is 18.4 Å². The van der Waals surface area contributed by atoms with Gasteiger partial charge in [-0.15, -0.1) is 0 Å². The molecular formula is C15H13IN4. The zero-order chi connectivity index (χ0) is 13.8. The molecule has 0 bridgehead atoms. The van der Waals surface area contributed by atoms with E-state index in [1.807, 2.05) is 42.5 Å². The third-order valence-electron chi connectivity index (χ3n) is 2.86. The van der Waals surface area contributed by atoms with E-state index in [2.05, 4.69) is 50.2 Å². The van der Waals surface area contributed by atoms with Crippen LogP contribution in [-0.4, -0.2) is 15.0 Å². The van der Waals surface area contributed by atoms with Crippen LogP contribution in [0.25, 0.3) is 5.69 Å². The quantitative estimate of drug-likeness (QED) is 0.709. The average Bonchev–Trinajstić information content (AvgIpc) is 2.96. The molecule has 0 aliphatic heterocycles. The minimum absolute atomic E-state index is 0.660. The van der Waals surface area contributed by atoms with E-state index in [4.69, 9.17) is 0 Å². The zero-order valence-electron chi connectivity index (χ0n) is 10.7. The van der Waals surface area contributed by atoms with Crippen LogP contribution in [0.5, 0.6) is 0 Å². The summed E-state index contributed by atoms with van der Waals surface area (Å²) in [6.07, 6.45) is 1.79.